The van der Waals surface area contributed by atoms with Gasteiger partial charge < -0.3 is 14.9 Å². The lowest BCUT2D eigenvalue weighted by atomic mass is 9.94. The molecule has 0 aliphatic carbocycles. The summed E-state index contributed by atoms with van der Waals surface area (Å²) in [4.78, 5) is 28.3. The maximum absolute atomic E-state index is 12.4. The second-order valence-electron chi connectivity index (χ2n) is 6.65. The van der Waals surface area contributed by atoms with E-state index in [4.69, 9.17) is 0 Å². The lowest BCUT2D eigenvalue weighted by Crippen LogP contribution is -2.50. The first-order valence-electron chi connectivity index (χ1n) is 8.24. The minimum Gasteiger partial charge on any atom is -0.508 e. The lowest BCUT2D eigenvalue weighted by Gasteiger charge is -2.35. The molecule has 1 aliphatic heterocycles. The van der Waals surface area contributed by atoms with Gasteiger partial charge in [0.2, 0.25) is 5.91 Å². The van der Waals surface area contributed by atoms with Crippen LogP contribution in [0.4, 0.5) is 0 Å². The number of hydrogen-bond donors (Lipinski definition) is 1. The molecule has 126 valence electrons. The number of hydrogen-bond acceptors (Lipinski definition) is 3. The van der Waals surface area contributed by atoms with Gasteiger partial charge in [0.15, 0.2) is 0 Å². The molecule has 5 nitrogen and oxygen atoms in total. The highest BCUT2D eigenvalue weighted by Gasteiger charge is 2.26. The quantitative estimate of drug-likeness (QED) is 0.927. The number of aromatic hydroxyl groups is 1. The molecule has 0 saturated carbocycles. The number of phenolic OH excluding ortho intramolecular Hbond substituents is 1. The number of carbonyl (C=O) groups excluding carboxylic acids is 2. The Labute approximate surface area is 137 Å². The molecule has 1 fully saturated rings. The first kappa shape index (κ1) is 17.3. The molecule has 1 aliphatic rings. The van der Waals surface area contributed by atoms with Crippen LogP contribution in [-0.4, -0.2) is 52.9 Å². The predicted molar refractivity (Wildman–Crippen MR) is 89.2 cm³/mol. The van der Waals surface area contributed by atoms with Crippen LogP contribution in [0.2, 0.25) is 0 Å². The molecule has 2 rings (SSSR count). The van der Waals surface area contributed by atoms with Gasteiger partial charge in [0, 0.05) is 38.2 Å². The highest BCUT2D eigenvalue weighted by atomic mass is 16.3. The minimum atomic E-state index is -0.0939. The van der Waals surface area contributed by atoms with Crippen molar-refractivity contribution in [3.8, 4) is 5.75 Å². The fraction of sp³-hybridized carbons (Fsp3) is 0.556. The van der Waals surface area contributed by atoms with Gasteiger partial charge in [0.05, 0.1) is 0 Å². The zero-order chi connectivity index (χ0) is 17.0. The molecule has 0 radical (unpaired) electrons. The molecule has 1 N–H and O–H groups in total. The monoisotopic (exact) mass is 318 g/mol. The van der Waals surface area contributed by atoms with Crippen molar-refractivity contribution in [2.45, 2.75) is 27.2 Å². The number of phenols is 1. The van der Waals surface area contributed by atoms with Crippen LogP contribution in [0.15, 0.2) is 24.3 Å². The van der Waals surface area contributed by atoms with E-state index in [1.807, 2.05) is 4.90 Å². The van der Waals surface area contributed by atoms with E-state index in [-0.39, 0.29) is 17.6 Å². The van der Waals surface area contributed by atoms with Crippen molar-refractivity contribution in [3.05, 3.63) is 29.8 Å². The summed E-state index contributed by atoms with van der Waals surface area (Å²) >= 11 is 0. The van der Waals surface area contributed by atoms with Crippen molar-refractivity contribution in [3.63, 3.8) is 0 Å². The van der Waals surface area contributed by atoms with Gasteiger partial charge >= 0.3 is 0 Å². The third-order valence-electron chi connectivity index (χ3n) is 4.65. The molecule has 1 aromatic carbocycles. The Balaban J connectivity index is 1.88. The number of benzene rings is 1. The molecule has 5 heteroatoms. The SMILES string of the molecule is CC(C)C(C)CC(=O)N1CCN(C(=O)c2cccc(O)c2)CC1. The highest BCUT2D eigenvalue weighted by molar-refractivity contribution is 5.94. The first-order valence-corrected chi connectivity index (χ1v) is 8.24. The Kier molecular flexibility index (Phi) is 5.64. The second-order valence-corrected chi connectivity index (χ2v) is 6.65. The van der Waals surface area contributed by atoms with E-state index in [1.54, 1.807) is 23.1 Å². The summed E-state index contributed by atoms with van der Waals surface area (Å²) in [5, 5.41) is 9.48. The average Bonchev–Trinajstić information content (AvgIpc) is 2.54. The Bertz CT molecular complexity index is 563. The average molecular weight is 318 g/mol. The van der Waals surface area contributed by atoms with E-state index in [0.717, 1.165) is 0 Å². The van der Waals surface area contributed by atoms with E-state index >= 15 is 0 Å². The Morgan fingerprint density at radius 1 is 1.09 bits per heavy atom. The topological polar surface area (TPSA) is 60.9 Å². The van der Waals surface area contributed by atoms with Gasteiger partial charge in [0.25, 0.3) is 5.91 Å². The lowest BCUT2D eigenvalue weighted by molar-refractivity contribution is -0.133. The van der Waals surface area contributed by atoms with Crippen LogP contribution in [0.25, 0.3) is 0 Å². The van der Waals surface area contributed by atoms with Crippen molar-refractivity contribution in [2.24, 2.45) is 11.8 Å². The third kappa shape index (κ3) is 4.47. The van der Waals surface area contributed by atoms with E-state index in [2.05, 4.69) is 20.8 Å². The minimum absolute atomic E-state index is 0.0901. The largest absolute Gasteiger partial charge is 0.508 e. The van der Waals surface area contributed by atoms with Gasteiger partial charge in [0.1, 0.15) is 5.75 Å². The summed E-state index contributed by atoms with van der Waals surface area (Å²) in [6, 6.07) is 6.38. The summed E-state index contributed by atoms with van der Waals surface area (Å²) in [6.07, 6.45) is 0.568. The standard InChI is InChI=1S/C18H26N2O3/c1-13(2)14(3)11-17(22)19-7-9-20(10-8-19)18(23)15-5-4-6-16(21)12-15/h4-6,12-14,21H,7-11H2,1-3H3. The summed E-state index contributed by atoms with van der Waals surface area (Å²) < 4.78 is 0. The zero-order valence-electron chi connectivity index (χ0n) is 14.2. The van der Waals surface area contributed by atoms with Crippen LogP contribution < -0.4 is 0 Å². The molecular formula is C18H26N2O3. The maximum atomic E-state index is 12.4. The van der Waals surface area contributed by atoms with Crippen molar-refractivity contribution in [2.75, 3.05) is 26.2 Å². The number of piperazine rings is 1. The number of carbonyl (C=O) groups is 2. The molecule has 0 aromatic heterocycles. The molecular weight excluding hydrogens is 292 g/mol. The van der Waals surface area contributed by atoms with Crippen LogP contribution in [0.3, 0.4) is 0 Å². The molecule has 0 bridgehead atoms. The molecule has 1 aromatic rings. The predicted octanol–water partition coefficient (Wildman–Crippen LogP) is 2.36. The fourth-order valence-electron chi connectivity index (χ4n) is 2.62. The summed E-state index contributed by atoms with van der Waals surface area (Å²) in [6.45, 7) is 8.59. The Morgan fingerprint density at radius 3 is 2.26 bits per heavy atom. The number of rotatable bonds is 4. The molecule has 1 heterocycles. The molecule has 2 amide bonds. The van der Waals surface area contributed by atoms with E-state index in [9.17, 15) is 14.7 Å². The highest BCUT2D eigenvalue weighted by Crippen LogP contribution is 2.18. The first-order chi connectivity index (χ1) is 10.9. The summed E-state index contributed by atoms with van der Waals surface area (Å²) in [7, 11) is 0. The second kappa shape index (κ2) is 7.49. The fourth-order valence-corrected chi connectivity index (χ4v) is 2.62. The van der Waals surface area contributed by atoms with Crippen LogP contribution in [0.5, 0.6) is 5.75 Å². The Hall–Kier alpha value is -2.04. The zero-order valence-corrected chi connectivity index (χ0v) is 14.2. The van der Waals surface area contributed by atoms with E-state index in [1.165, 1.54) is 6.07 Å². The van der Waals surface area contributed by atoms with Crippen molar-refractivity contribution < 1.29 is 14.7 Å². The molecule has 23 heavy (non-hydrogen) atoms. The van der Waals surface area contributed by atoms with Crippen LogP contribution in [0, 0.1) is 11.8 Å². The summed E-state index contributed by atoms with van der Waals surface area (Å²) in [5.74, 6) is 1.04. The Morgan fingerprint density at radius 2 is 1.70 bits per heavy atom. The van der Waals surface area contributed by atoms with Gasteiger partial charge in [-0.25, -0.2) is 0 Å². The maximum Gasteiger partial charge on any atom is 0.254 e. The van der Waals surface area contributed by atoms with Crippen molar-refractivity contribution in [1.29, 1.82) is 0 Å². The third-order valence-corrected chi connectivity index (χ3v) is 4.65. The normalized spacial score (nSPS) is 16.5. The molecule has 1 saturated heterocycles. The molecule has 0 spiro atoms. The number of nitrogens with zero attached hydrogens (tertiary/aromatic N) is 2. The summed E-state index contributed by atoms with van der Waals surface area (Å²) in [5.41, 5.74) is 0.484. The number of amides is 2. The van der Waals surface area contributed by atoms with E-state index < -0.39 is 0 Å². The van der Waals surface area contributed by atoms with E-state index in [0.29, 0.717) is 50.0 Å². The van der Waals surface area contributed by atoms with Gasteiger partial charge in [-0.3, -0.25) is 9.59 Å². The van der Waals surface area contributed by atoms with Crippen molar-refractivity contribution in [1.82, 2.24) is 9.80 Å². The van der Waals surface area contributed by atoms with Crippen molar-refractivity contribution >= 4 is 11.8 Å². The molecule has 1 unspecified atom stereocenters. The van der Waals surface area contributed by atoms with Gasteiger partial charge in [-0.15, -0.1) is 0 Å². The van der Waals surface area contributed by atoms with Gasteiger partial charge in [-0.2, -0.15) is 0 Å². The van der Waals surface area contributed by atoms with Crippen LogP contribution in [-0.2, 0) is 4.79 Å². The molecule has 1 atom stereocenters. The van der Waals surface area contributed by atoms with Crippen LogP contribution in [0.1, 0.15) is 37.6 Å². The smallest absolute Gasteiger partial charge is 0.254 e. The van der Waals surface area contributed by atoms with Crippen LogP contribution >= 0.6 is 0 Å². The van der Waals surface area contributed by atoms with Gasteiger partial charge in [-0.1, -0.05) is 26.8 Å². The van der Waals surface area contributed by atoms with Gasteiger partial charge in [-0.05, 0) is 30.0 Å².